The van der Waals surface area contributed by atoms with E-state index in [0.717, 1.165) is 28.3 Å². The van der Waals surface area contributed by atoms with Crippen molar-refractivity contribution in [1.82, 2.24) is 14.7 Å². The van der Waals surface area contributed by atoms with Crippen molar-refractivity contribution >= 4 is 33.2 Å². The molecular formula is C24H21Cl2N3O3S. The monoisotopic (exact) mass is 501 g/mol. The number of imidazole rings is 1. The van der Waals surface area contributed by atoms with E-state index in [4.69, 9.17) is 32.9 Å². The summed E-state index contributed by atoms with van der Waals surface area (Å²) in [6.45, 7) is 0.158. The largest absolute Gasteiger partial charge is 0.497 e. The first-order chi connectivity index (χ1) is 15.9. The Balaban J connectivity index is 1.59. The highest BCUT2D eigenvalue weighted by atomic mass is 35.5. The first kappa shape index (κ1) is 23.3. The molecule has 0 saturated heterocycles. The Morgan fingerprint density at radius 1 is 0.939 bits per heavy atom. The number of aromatic amines is 1. The van der Waals surface area contributed by atoms with Crippen molar-refractivity contribution in [3.05, 3.63) is 88.5 Å². The van der Waals surface area contributed by atoms with Crippen LogP contribution in [0.25, 0.3) is 22.6 Å². The molecule has 0 aliphatic heterocycles. The maximum absolute atomic E-state index is 12.7. The van der Waals surface area contributed by atoms with E-state index in [1.54, 1.807) is 7.11 Å². The van der Waals surface area contributed by atoms with Crippen LogP contribution in [0.5, 0.6) is 5.75 Å². The number of H-pyrrole nitrogens is 1. The lowest BCUT2D eigenvalue weighted by atomic mass is 10.1. The smallest absolute Gasteiger partial charge is 0.240 e. The molecule has 2 N–H and O–H groups in total. The molecule has 4 aromatic rings. The van der Waals surface area contributed by atoms with Gasteiger partial charge in [0.1, 0.15) is 11.6 Å². The van der Waals surface area contributed by atoms with Crippen LogP contribution in [0.1, 0.15) is 5.69 Å². The molecule has 0 atom stereocenters. The highest BCUT2D eigenvalue weighted by Gasteiger charge is 2.18. The van der Waals surface area contributed by atoms with Crippen LogP contribution in [-0.2, 0) is 16.4 Å². The van der Waals surface area contributed by atoms with Crippen LogP contribution in [-0.4, -0.2) is 32.0 Å². The van der Waals surface area contributed by atoms with Gasteiger partial charge in [-0.05, 0) is 42.5 Å². The minimum absolute atomic E-state index is 0.0549. The summed E-state index contributed by atoms with van der Waals surface area (Å²) in [5, 5.41) is 0.478. The van der Waals surface area contributed by atoms with Gasteiger partial charge >= 0.3 is 0 Å². The van der Waals surface area contributed by atoms with E-state index in [0.29, 0.717) is 17.3 Å². The number of hydrogen-bond acceptors (Lipinski definition) is 4. The van der Waals surface area contributed by atoms with Crippen molar-refractivity contribution in [2.24, 2.45) is 0 Å². The second kappa shape index (κ2) is 9.97. The predicted molar refractivity (Wildman–Crippen MR) is 131 cm³/mol. The Bertz CT molecular complexity index is 1360. The number of nitrogens with zero attached hydrogens (tertiary/aromatic N) is 1. The van der Waals surface area contributed by atoms with E-state index >= 15 is 0 Å². The molecule has 0 aliphatic rings. The molecule has 9 heteroatoms. The normalized spacial score (nSPS) is 11.5. The quantitative estimate of drug-likeness (QED) is 0.330. The Hall–Kier alpha value is -2.84. The van der Waals surface area contributed by atoms with Crippen LogP contribution in [0.2, 0.25) is 10.0 Å². The van der Waals surface area contributed by atoms with Gasteiger partial charge in [0, 0.05) is 24.1 Å². The van der Waals surface area contributed by atoms with Crippen molar-refractivity contribution in [1.29, 1.82) is 0 Å². The van der Waals surface area contributed by atoms with Crippen LogP contribution >= 0.6 is 23.2 Å². The number of hydrogen-bond donors (Lipinski definition) is 2. The lowest BCUT2D eigenvalue weighted by molar-refractivity contribution is 0.415. The summed E-state index contributed by atoms with van der Waals surface area (Å²) in [6.07, 6.45) is 0.380. The molecule has 1 heterocycles. The summed E-state index contributed by atoms with van der Waals surface area (Å²) >= 11 is 11.9. The number of benzene rings is 3. The number of sulfonamides is 1. The number of halogens is 2. The molecule has 6 nitrogen and oxygen atoms in total. The molecule has 4 rings (SSSR count). The summed E-state index contributed by atoms with van der Waals surface area (Å²) in [7, 11) is -2.13. The Morgan fingerprint density at radius 3 is 2.33 bits per heavy atom. The molecule has 0 spiro atoms. The fourth-order valence-corrected chi connectivity index (χ4v) is 4.77. The van der Waals surface area contributed by atoms with Gasteiger partial charge < -0.3 is 9.72 Å². The predicted octanol–water partition coefficient (Wildman–Crippen LogP) is 5.58. The van der Waals surface area contributed by atoms with Crippen LogP contribution in [0.15, 0.2) is 77.7 Å². The van der Waals surface area contributed by atoms with Crippen LogP contribution in [0.4, 0.5) is 0 Å². The van der Waals surface area contributed by atoms with E-state index in [2.05, 4.69) is 9.71 Å². The third-order valence-electron chi connectivity index (χ3n) is 5.06. The number of nitrogens with one attached hydrogen (secondary N) is 2. The maximum Gasteiger partial charge on any atom is 0.240 e. The molecule has 0 unspecified atom stereocenters. The van der Waals surface area contributed by atoms with Crippen LogP contribution in [0, 0.1) is 0 Å². The van der Waals surface area contributed by atoms with Gasteiger partial charge in [0.25, 0.3) is 0 Å². The van der Waals surface area contributed by atoms with Gasteiger partial charge in [-0.3, -0.25) is 0 Å². The molecule has 33 heavy (non-hydrogen) atoms. The highest BCUT2D eigenvalue weighted by molar-refractivity contribution is 7.89. The summed E-state index contributed by atoms with van der Waals surface area (Å²) in [6, 6.07) is 21.6. The van der Waals surface area contributed by atoms with E-state index in [1.165, 1.54) is 18.2 Å². The third-order valence-corrected chi connectivity index (χ3v) is 7.26. The fraction of sp³-hybridized carbons (Fsp3) is 0.125. The molecule has 0 fully saturated rings. The zero-order valence-corrected chi connectivity index (χ0v) is 20.0. The average Bonchev–Trinajstić information content (AvgIpc) is 3.25. The fourth-order valence-electron chi connectivity index (χ4n) is 3.35. The molecular weight excluding hydrogens is 481 g/mol. The number of aromatic nitrogens is 2. The van der Waals surface area contributed by atoms with Crippen molar-refractivity contribution in [2.75, 3.05) is 13.7 Å². The average molecular weight is 502 g/mol. The molecule has 0 saturated carbocycles. The molecule has 170 valence electrons. The van der Waals surface area contributed by atoms with Crippen LogP contribution < -0.4 is 9.46 Å². The first-order valence-corrected chi connectivity index (χ1v) is 12.3. The highest BCUT2D eigenvalue weighted by Crippen LogP contribution is 2.28. The van der Waals surface area contributed by atoms with Gasteiger partial charge in [-0.15, -0.1) is 0 Å². The minimum Gasteiger partial charge on any atom is -0.497 e. The van der Waals surface area contributed by atoms with E-state index in [9.17, 15) is 8.42 Å². The Kier molecular flexibility index (Phi) is 7.05. The van der Waals surface area contributed by atoms with Crippen LogP contribution in [0.3, 0.4) is 0 Å². The summed E-state index contributed by atoms with van der Waals surface area (Å²) in [4.78, 5) is 8.20. The van der Waals surface area contributed by atoms with Gasteiger partial charge in [0.05, 0.1) is 33.4 Å². The van der Waals surface area contributed by atoms with Gasteiger partial charge in [0.15, 0.2) is 0 Å². The van der Waals surface area contributed by atoms with Gasteiger partial charge in [-0.25, -0.2) is 18.1 Å². The number of ether oxygens (including phenoxy) is 1. The van der Waals surface area contributed by atoms with Gasteiger partial charge in [-0.1, -0.05) is 53.5 Å². The van der Waals surface area contributed by atoms with E-state index < -0.39 is 10.0 Å². The Labute approximate surface area is 202 Å². The second-order valence-corrected chi connectivity index (χ2v) is 9.81. The minimum atomic E-state index is -3.75. The summed E-state index contributed by atoms with van der Waals surface area (Å²) in [5.41, 5.74) is 3.43. The van der Waals surface area contributed by atoms with Crippen molar-refractivity contribution in [3.8, 4) is 28.4 Å². The maximum atomic E-state index is 12.7. The number of rotatable bonds is 8. The summed E-state index contributed by atoms with van der Waals surface area (Å²) < 4.78 is 33.2. The summed E-state index contributed by atoms with van der Waals surface area (Å²) in [5.74, 6) is 1.46. The standard InChI is InChI=1S/C24H21Cl2N3O3S/c1-32-18-9-7-16(8-10-18)23-22(28-24(29-23)17-5-3-2-4-6-17)13-14-27-33(30,31)19-11-12-20(25)21(26)15-19/h2-12,15,27H,13-14H2,1H3,(H,28,29). The van der Waals surface area contributed by atoms with E-state index in [-0.39, 0.29) is 16.5 Å². The van der Waals surface area contributed by atoms with Crippen molar-refractivity contribution in [3.63, 3.8) is 0 Å². The third kappa shape index (κ3) is 5.39. The SMILES string of the molecule is COc1ccc(-c2[nH]c(-c3ccccc3)nc2CCNS(=O)(=O)c2ccc(Cl)c(Cl)c2)cc1. The topological polar surface area (TPSA) is 84.1 Å². The second-order valence-electron chi connectivity index (χ2n) is 7.23. The zero-order chi connectivity index (χ0) is 23.4. The van der Waals surface area contributed by atoms with Gasteiger partial charge in [0.2, 0.25) is 10.0 Å². The van der Waals surface area contributed by atoms with E-state index in [1.807, 2.05) is 54.6 Å². The van der Waals surface area contributed by atoms with Crippen molar-refractivity contribution in [2.45, 2.75) is 11.3 Å². The zero-order valence-electron chi connectivity index (χ0n) is 17.7. The molecule has 0 amide bonds. The molecule has 0 radical (unpaired) electrons. The lowest BCUT2D eigenvalue weighted by Crippen LogP contribution is -2.26. The van der Waals surface area contributed by atoms with Crippen molar-refractivity contribution < 1.29 is 13.2 Å². The molecule has 0 aliphatic carbocycles. The van der Waals surface area contributed by atoms with Gasteiger partial charge in [-0.2, -0.15) is 0 Å². The molecule has 0 bridgehead atoms. The lowest BCUT2D eigenvalue weighted by Gasteiger charge is -2.08. The molecule has 1 aromatic heterocycles. The first-order valence-electron chi connectivity index (χ1n) is 10.1. The Morgan fingerprint density at radius 2 is 1.67 bits per heavy atom. The molecule has 3 aromatic carbocycles. The number of methoxy groups -OCH3 is 1.